The molecule has 3 aromatic rings. The van der Waals surface area contributed by atoms with E-state index >= 15 is 0 Å². The first-order chi connectivity index (χ1) is 12.5. The summed E-state index contributed by atoms with van der Waals surface area (Å²) in [6.07, 6.45) is 4.52. The molecule has 0 amide bonds. The van der Waals surface area contributed by atoms with Gasteiger partial charge in [-0.05, 0) is 47.6 Å². The number of nitrogens with one attached hydrogen (secondary N) is 1. The molecule has 1 aromatic carbocycles. The zero-order valence-corrected chi connectivity index (χ0v) is 16.7. The van der Waals surface area contributed by atoms with Crippen molar-refractivity contribution in [3.05, 3.63) is 53.7 Å². The first kappa shape index (κ1) is 18.5. The average Bonchev–Trinajstić information content (AvgIpc) is 3.02. The van der Waals surface area contributed by atoms with Crippen molar-refractivity contribution in [3.8, 4) is 0 Å². The van der Waals surface area contributed by atoms with E-state index in [9.17, 15) is 0 Å². The van der Waals surface area contributed by atoms with Crippen LogP contribution in [0.25, 0.3) is 11.0 Å². The summed E-state index contributed by atoms with van der Waals surface area (Å²) in [6, 6.07) is 13.0. The van der Waals surface area contributed by atoms with E-state index in [1.54, 1.807) is 0 Å². The van der Waals surface area contributed by atoms with Crippen LogP contribution < -0.4 is 5.32 Å². The van der Waals surface area contributed by atoms with Crippen LogP contribution in [0.1, 0.15) is 70.4 Å². The molecule has 2 heterocycles. The number of benzene rings is 1. The molecule has 0 spiro atoms. The monoisotopic (exact) mass is 349 g/mol. The van der Waals surface area contributed by atoms with Gasteiger partial charge in [-0.15, -0.1) is 0 Å². The Morgan fingerprint density at radius 2 is 1.65 bits per heavy atom. The Bertz CT molecular complexity index is 848. The van der Waals surface area contributed by atoms with Crippen LogP contribution in [-0.2, 0) is 6.54 Å². The molecule has 138 valence electrons. The molecule has 3 heteroatoms. The van der Waals surface area contributed by atoms with Crippen LogP contribution in [0, 0.1) is 0 Å². The zero-order valence-electron chi connectivity index (χ0n) is 16.7. The summed E-state index contributed by atoms with van der Waals surface area (Å²) >= 11 is 0. The Morgan fingerprint density at radius 3 is 2.27 bits per heavy atom. The first-order valence-electron chi connectivity index (χ1n) is 9.87. The summed E-state index contributed by atoms with van der Waals surface area (Å²) in [5.41, 5.74) is 4.98. The number of aromatic nitrogens is 2. The fourth-order valence-corrected chi connectivity index (χ4v) is 3.46. The lowest BCUT2D eigenvalue weighted by Gasteiger charge is -2.20. The van der Waals surface area contributed by atoms with Gasteiger partial charge in [0.25, 0.3) is 0 Å². The van der Waals surface area contributed by atoms with Gasteiger partial charge in [-0.25, -0.2) is 4.98 Å². The van der Waals surface area contributed by atoms with E-state index in [2.05, 4.69) is 87.1 Å². The second-order valence-electron chi connectivity index (χ2n) is 7.72. The minimum Gasteiger partial charge on any atom is -0.340 e. The summed E-state index contributed by atoms with van der Waals surface area (Å²) in [7, 11) is 0. The third-order valence-corrected chi connectivity index (χ3v) is 4.99. The molecule has 2 aromatic heterocycles. The highest BCUT2D eigenvalue weighted by atomic mass is 15.1. The summed E-state index contributed by atoms with van der Waals surface area (Å²) in [6.45, 7) is 12.2. The molecule has 0 atom stereocenters. The summed E-state index contributed by atoms with van der Waals surface area (Å²) < 4.78 is 2.27. The van der Waals surface area contributed by atoms with E-state index < -0.39 is 0 Å². The van der Waals surface area contributed by atoms with Gasteiger partial charge in [0.05, 0.1) is 0 Å². The van der Waals surface area contributed by atoms with E-state index in [1.165, 1.54) is 35.0 Å². The van der Waals surface area contributed by atoms with E-state index in [4.69, 9.17) is 4.98 Å². The molecule has 0 bridgehead atoms. The molecule has 0 radical (unpaired) electrons. The molecule has 1 N–H and O–H groups in total. The van der Waals surface area contributed by atoms with Crippen LogP contribution in [-0.4, -0.2) is 9.55 Å². The minimum absolute atomic E-state index is 0.466. The standard InChI is InChI=1S/C23H31N3/c1-6-7-14-26-15-13-18-11-12-21(25-23(18)26)24-22-19(16(2)3)9-8-10-20(22)17(4)5/h8-13,15-17H,6-7,14H2,1-5H3,(H,24,25). The van der Waals surface area contributed by atoms with Crippen LogP contribution in [0.4, 0.5) is 11.5 Å². The Labute approximate surface area is 157 Å². The van der Waals surface area contributed by atoms with Gasteiger partial charge in [-0.3, -0.25) is 0 Å². The Hall–Kier alpha value is -2.29. The van der Waals surface area contributed by atoms with Gasteiger partial charge in [0.2, 0.25) is 0 Å². The van der Waals surface area contributed by atoms with Gasteiger partial charge in [0, 0.05) is 23.8 Å². The molecular formula is C23H31N3. The van der Waals surface area contributed by atoms with Crippen molar-refractivity contribution in [2.24, 2.45) is 0 Å². The summed E-state index contributed by atoms with van der Waals surface area (Å²) in [4.78, 5) is 4.94. The van der Waals surface area contributed by atoms with Gasteiger partial charge in [-0.1, -0.05) is 59.2 Å². The van der Waals surface area contributed by atoms with Gasteiger partial charge in [0.1, 0.15) is 11.5 Å². The molecular weight excluding hydrogens is 318 g/mol. The molecule has 0 aliphatic rings. The van der Waals surface area contributed by atoms with Gasteiger partial charge < -0.3 is 9.88 Å². The van der Waals surface area contributed by atoms with E-state index in [0.29, 0.717) is 11.8 Å². The van der Waals surface area contributed by atoms with E-state index in [0.717, 1.165) is 18.0 Å². The van der Waals surface area contributed by atoms with Crippen LogP contribution in [0.5, 0.6) is 0 Å². The number of hydrogen-bond donors (Lipinski definition) is 1. The quantitative estimate of drug-likeness (QED) is 0.507. The first-order valence-corrected chi connectivity index (χ1v) is 9.87. The van der Waals surface area contributed by atoms with Crippen LogP contribution in [0.15, 0.2) is 42.6 Å². The molecule has 3 rings (SSSR count). The van der Waals surface area contributed by atoms with Crippen LogP contribution >= 0.6 is 0 Å². The summed E-state index contributed by atoms with van der Waals surface area (Å²) in [5.74, 6) is 1.85. The van der Waals surface area contributed by atoms with E-state index in [1.807, 2.05) is 0 Å². The third-order valence-electron chi connectivity index (χ3n) is 4.99. The van der Waals surface area contributed by atoms with Gasteiger partial charge >= 0.3 is 0 Å². The largest absolute Gasteiger partial charge is 0.340 e. The summed E-state index contributed by atoms with van der Waals surface area (Å²) in [5, 5.41) is 4.85. The smallest absolute Gasteiger partial charge is 0.142 e. The van der Waals surface area contributed by atoms with Crippen molar-refractivity contribution in [1.29, 1.82) is 0 Å². The lowest BCUT2D eigenvalue weighted by molar-refractivity contribution is 0.646. The Balaban J connectivity index is 2.01. The number of para-hydroxylation sites is 1. The average molecular weight is 350 g/mol. The predicted molar refractivity (Wildman–Crippen MR) is 113 cm³/mol. The Morgan fingerprint density at radius 1 is 0.962 bits per heavy atom. The zero-order chi connectivity index (χ0) is 18.7. The van der Waals surface area contributed by atoms with Gasteiger partial charge in [0.15, 0.2) is 0 Å². The molecule has 0 fully saturated rings. The SMILES string of the molecule is CCCCn1ccc2ccc(Nc3c(C(C)C)cccc3C(C)C)nc21. The van der Waals surface area contributed by atoms with Crippen molar-refractivity contribution >= 4 is 22.5 Å². The highest BCUT2D eigenvalue weighted by Gasteiger charge is 2.14. The minimum atomic E-state index is 0.466. The van der Waals surface area contributed by atoms with Crippen molar-refractivity contribution < 1.29 is 0 Å². The number of unbranched alkanes of at least 4 members (excludes halogenated alkanes) is 1. The molecule has 26 heavy (non-hydrogen) atoms. The normalized spacial score (nSPS) is 11.7. The lowest BCUT2D eigenvalue weighted by Crippen LogP contribution is -2.05. The molecule has 0 aliphatic heterocycles. The van der Waals surface area contributed by atoms with Crippen molar-refractivity contribution in [2.45, 2.75) is 65.8 Å². The van der Waals surface area contributed by atoms with E-state index in [-0.39, 0.29) is 0 Å². The van der Waals surface area contributed by atoms with Crippen molar-refractivity contribution in [3.63, 3.8) is 0 Å². The maximum Gasteiger partial charge on any atom is 0.142 e. The number of fused-ring (bicyclic) bond motifs is 1. The number of nitrogens with zero attached hydrogens (tertiary/aromatic N) is 2. The Kier molecular flexibility index (Phi) is 5.65. The fraction of sp³-hybridized carbons (Fsp3) is 0.435. The third kappa shape index (κ3) is 3.77. The van der Waals surface area contributed by atoms with Crippen molar-refractivity contribution in [1.82, 2.24) is 9.55 Å². The van der Waals surface area contributed by atoms with Crippen molar-refractivity contribution in [2.75, 3.05) is 5.32 Å². The molecule has 0 unspecified atom stereocenters. The molecule has 0 saturated heterocycles. The number of aryl methyl sites for hydroxylation is 1. The number of hydrogen-bond acceptors (Lipinski definition) is 2. The molecule has 0 saturated carbocycles. The number of rotatable bonds is 7. The van der Waals surface area contributed by atoms with Gasteiger partial charge in [-0.2, -0.15) is 0 Å². The fourth-order valence-electron chi connectivity index (χ4n) is 3.46. The number of anilines is 2. The maximum absolute atomic E-state index is 4.94. The molecule has 0 aliphatic carbocycles. The molecule has 3 nitrogen and oxygen atoms in total. The highest BCUT2D eigenvalue weighted by Crippen LogP contribution is 2.34. The maximum atomic E-state index is 4.94. The lowest BCUT2D eigenvalue weighted by atomic mass is 9.92. The second-order valence-corrected chi connectivity index (χ2v) is 7.72. The van der Waals surface area contributed by atoms with Crippen LogP contribution in [0.3, 0.4) is 0 Å². The topological polar surface area (TPSA) is 29.9 Å². The number of pyridine rings is 1. The van der Waals surface area contributed by atoms with Crippen LogP contribution in [0.2, 0.25) is 0 Å². The second kappa shape index (κ2) is 7.94. The highest BCUT2D eigenvalue weighted by molar-refractivity contribution is 5.79. The predicted octanol–water partition coefficient (Wildman–Crippen LogP) is 6.83.